The number of rotatable bonds is 3. The Morgan fingerprint density at radius 3 is 1.68 bits per heavy atom. The van der Waals surface area contributed by atoms with Crippen LogP contribution in [0.1, 0.15) is 20.7 Å². The van der Waals surface area contributed by atoms with Gasteiger partial charge in [-0.25, -0.2) is 14.5 Å². The fourth-order valence-corrected chi connectivity index (χ4v) is 1.75. The number of amides is 2. The lowest BCUT2D eigenvalue weighted by Crippen LogP contribution is -2.32. The number of carboxylic acids is 2. The predicted octanol–water partition coefficient (Wildman–Crippen LogP) is 0.512. The summed E-state index contributed by atoms with van der Waals surface area (Å²) >= 11 is 0. The SMILES string of the molecule is O=C(O)c1cccc(C(=O)O)c1N1C(=O)C=CC1=O. The molecule has 0 saturated carbocycles. The van der Waals surface area contributed by atoms with Crippen molar-refractivity contribution in [1.29, 1.82) is 0 Å². The second kappa shape index (κ2) is 4.37. The molecule has 19 heavy (non-hydrogen) atoms. The van der Waals surface area contributed by atoms with Crippen molar-refractivity contribution in [2.24, 2.45) is 0 Å². The lowest BCUT2D eigenvalue weighted by molar-refractivity contribution is -0.119. The minimum absolute atomic E-state index is 0.426. The largest absolute Gasteiger partial charge is 0.478 e. The highest BCUT2D eigenvalue weighted by Gasteiger charge is 2.32. The second-order valence-electron chi connectivity index (χ2n) is 3.66. The molecule has 1 aromatic carbocycles. The maximum Gasteiger partial charge on any atom is 0.337 e. The zero-order valence-corrected chi connectivity index (χ0v) is 9.36. The standard InChI is InChI=1S/C12H7NO6/c14-8-4-5-9(15)13(8)10-6(11(16)17)2-1-3-7(10)12(18)19/h1-5H,(H,16,17)(H,18,19). The van der Waals surface area contributed by atoms with Crippen molar-refractivity contribution in [3.63, 3.8) is 0 Å². The topological polar surface area (TPSA) is 112 Å². The van der Waals surface area contributed by atoms with Crippen LogP contribution in [0.3, 0.4) is 0 Å². The third-order valence-corrected chi connectivity index (χ3v) is 2.53. The molecule has 2 amide bonds. The number of carboxylic acid groups (broad SMARTS) is 2. The number of benzene rings is 1. The van der Waals surface area contributed by atoms with E-state index in [1.807, 2.05) is 0 Å². The molecular formula is C12H7NO6. The number of nitrogens with zero attached hydrogens (tertiary/aromatic N) is 1. The summed E-state index contributed by atoms with van der Waals surface area (Å²) in [5.74, 6) is -4.40. The van der Waals surface area contributed by atoms with Crippen LogP contribution in [0.15, 0.2) is 30.4 Å². The molecule has 7 heteroatoms. The van der Waals surface area contributed by atoms with Crippen molar-refractivity contribution in [3.05, 3.63) is 41.5 Å². The summed E-state index contributed by atoms with van der Waals surface area (Å²) in [5, 5.41) is 18.1. The maximum atomic E-state index is 11.6. The monoisotopic (exact) mass is 261 g/mol. The molecule has 2 N–H and O–H groups in total. The van der Waals surface area contributed by atoms with Gasteiger partial charge in [-0.2, -0.15) is 0 Å². The zero-order chi connectivity index (χ0) is 14.2. The van der Waals surface area contributed by atoms with Gasteiger partial charge in [0.25, 0.3) is 11.8 Å². The average Bonchev–Trinajstić information content (AvgIpc) is 2.67. The van der Waals surface area contributed by atoms with E-state index in [1.165, 1.54) is 6.07 Å². The number of imide groups is 1. The Kier molecular flexibility index (Phi) is 2.88. The van der Waals surface area contributed by atoms with Crippen LogP contribution >= 0.6 is 0 Å². The molecule has 0 aliphatic carbocycles. The van der Waals surface area contributed by atoms with Crippen LogP contribution < -0.4 is 4.90 Å². The van der Waals surface area contributed by atoms with E-state index < -0.39 is 40.6 Å². The normalized spacial score (nSPS) is 14.0. The number of para-hydroxylation sites is 1. The predicted molar refractivity (Wildman–Crippen MR) is 62.0 cm³/mol. The van der Waals surface area contributed by atoms with E-state index in [4.69, 9.17) is 10.2 Å². The Morgan fingerprint density at radius 1 is 0.895 bits per heavy atom. The van der Waals surface area contributed by atoms with Gasteiger partial charge in [0.15, 0.2) is 0 Å². The molecule has 0 atom stereocenters. The number of carbonyl (C=O) groups is 4. The van der Waals surface area contributed by atoms with E-state index in [0.717, 1.165) is 24.3 Å². The number of aromatic carboxylic acids is 2. The quantitative estimate of drug-likeness (QED) is 0.767. The highest BCUT2D eigenvalue weighted by Crippen LogP contribution is 2.28. The van der Waals surface area contributed by atoms with Gasteiger partial charge in [0, 0.05) is 12.2 Å². The Hall–Kier alpha value is -2.96. The van der Waals surface area contributed by atoms with Crippen LogP contribution in [-0.4, -0.2) is 34.0 Å². The van der Waals surface area contributed by atoms with E-state index in [1.54, 1.807) is 0 Å². The molecule has 0 bridgehead atoms. The summed E-state index contributed by atoms with van der Waals surface area (Å²) in [4.78, 5) is 45.9. The maximum absolute atomic E-state index is 11.6. The highest BCUT2D eigenvalue weighted by molar-refractivity contribution is 6.30. The number of carbonyl (C=O) groups excluding carboxylic acids is 2. The highest BCUT2D eigenvalue weighted by atomic mass is 16.4. The Balaban J connectivity index is 2.72. The van der Waals surface area contributed by atoms with Crippen molar-refractivity contribution in [1.82, 2.24) is 0 Å². The fraction of sp³-hybridized carbons (Fsp3) is 0. The van der Waals surface area contributed by atoms with Crippen molar-refractivity contribution < 1.29 is 29.4 Å². The molecule has 1 heterocycles. The van der Waals surface area contributed by atoms with Crippen LogP contribution in [-0.2, 0) is 9.59 Å². The van der Waals surface area contributed by atoms with Gasteiger partial charge < -0.3 is 10.2 Å². The van der Waals surface area contributed by atoms with Crippen LogP contribution in [0.25, 0.3) is 0 Å². The molecule has 0 saturated heterocycles. The summed E-state index contributed by atoms with van der Waals surface area (Å²) < 4.78 is 0. The molecule has 96 valence electrons. The van der Waals surface area contributed by atoms with Gasteiger partial charge in [-0.1, -0.05) is 6.07 Å². The molecule has 7 nitrogen and oxygen atoms in total. The molecule has 2 rings (SSSR count). The molecule has 0 aromatic heterocycles. The molecule has 1 aliphatic rings. The third-order valence-electron chi connectivity index (χ3n) is 2.53. The van der Waals surface area contributed by atoms with E-state index in [0.29, 0.717) is 4.90 Å². The van der Waals surface area contributed by atoms with E-state index >= 15 is 0 Å². The second-order valence-corrected chi connectivity index (χ2v) is 3.66. The lowest BCUT2D eigenvalue weighted by atomic mass is 10.1. The molecule has 1 aliphatic heterocycles. The first-order valence-electron chi connectivity index (χ1n) is 5.09. The molecular weight excluding hydrogens is 254 g/mol. The van der Waals surface area contributed by atoms with Crippen molar-refractivity contribution in [3.8, 4) is 0 Å². The molecule has 1 aromatic rings. The van der Waals surface area contributed by atoms with Crippen LogP contribution in [0, 0.1) is 0 Å². The summed E-state index contributed by atoms with van der Waals surface area (Å²) in [5.41, 5.74) is -1.28. The third kappa shape index (κ3) is 1.97. The van der Waals surface area contributed by atoms with Crippen LogP contribution in [0.5, 0.6) is 0 Å². The molecule has 0 radical (unpaired) electrons. The summed E-state index contributed by atoms with van der Waals surface area (Å²) in [6.07, 6.45) is 1.90. The summed E-state index contributed by atoms with van der Waals surface area (Å²) in [6.45, 7) is 0. The first kappa shape index (κ1) is 12.5. The van der Waals surface area contributed by atoms with Crippen molar-refractivity contribution in [2.45, 2.75) is 0 Å². The van der Waals surface area contributed by atoms with Gasteiger partial charge in [-0.3, -0.25) is 9.59 Å². The van der Waals surface area contributed by atoms with Gasteiger partial charge in [-0.15, -0.1) is 0 Å². The van der Waals surface area contributed by atoms with E-state index in [2.05, 4.69) is 0 Å². The Morgan fingerprint density at radius 2 is 1.32 bits per heavy atom. The lowest BCUT2D eigenvalue weighted by Gasteiger charge is -2.18. The van der Waals surface area contributed by atoms with Gasteiger partial charge >= 0.3 is 11.9 Å². The van der Waals surface area contributed by atoms with Crippen molar-refractivity contribution >= 4 is 29.4 Å². The summed E-state index contributed by atoms with van der Waals surface area (Å²) in [7, 11) is 0. The van der Waals surface area contributed by atoms with Gasteiger partial charge in [0.2, 0.25) is 0 Å². The van der Waals surface area contributed by atoms with E-state index in [-0.39, 0.29) is 0 Å². The fourth-order valence-electron chi connectivity index (χ4n) is 1.75. The first-order valence-corrected chi connectivity index (χ1v) is 5.09. The summed E-state index contributed by atoms with van der Waals surface area (Å²) in [6, 6.07) is 3.49. The van der Waals surface area contributed by atoms with Crippen LogP contribution in [0.4, 0.5) is 5.69 Å². The van der Waals surface area contributed by atoms with E-state index in [9.17, 15) is 19.2 Å². The zero-order valence-electron chi connectivity index (χ0n) is 9.36. The number of hydrogen-bond acceptors (Lipinski definition) is 4. The smallest absolute Gasteiger partial charge is 0.337 e. The minimum Gasteiger partial charge on any atom is -0.478 e. The van der Waals surface area contributed by atoms with Crippen LogP contribution in [0.2, 0.25) is 0 Å². The Bertz CT molecular complexity index is 595. The van der Waals surface area contributed by atoms with Gasteiger partial charge in [0.05, 0.1) is 16.8 Å². The number of hydrogen-bond donors (Lipinski definition) is 2. The van der Waals surface area contributed by atoms with Gasteiger partial charge in [-0.05, 0) is 12.1 Å². The molecule has 0 fully saturated rings. The average molecular weight is 261 g/mol. The van der Waals surface area contributed by atoms with Crippen molar-refractivity contribution in [2.75, 3.05) is 4.90 Å². The molecule has 0 spiro atoms. The Labute approximate surface area is 106 Å². The first-order chi connectivity index (χ1) is 8.93. The molecule has 0 unspecified atom stereocenters. The van der Waals surface area contributed by atoms with Gasteiger partial charge in [0.1, 0.15) is 0 Å². The number of anilines is 1. The minimum atomic E-state index is -1.43.